The number of aryl methyl sites for hydroxylation is 2. The van der Waals surface area contributed by atoms with Crippen molar-refractivity contribution in [1.29, 1.82) is 0 Å². The molecule has 3 aromatic rings. The number of rotatable bonds is 7. The Morgan fingerprint density at radius 3 is 2.50 bits per heavy atom. The molecule has 1 heterocycles. The van der Waals surface area contributed by atoms with Crippen LogP contribution >= 0.6 is 11.8 Å². The maximum Gasteiger partial charge on any atom is 0.255 e. The normalized spacial score (nSPS) is 10.5. The van der Waals surface area contributed by atoms with E-state index in [1.54, 1.807) is 31.3 Å². The van der Waals surface area contributed by atoms with Crippen molar-refractivity contribution < 1.29 is 9.59 Å². The van der Waals surface area contributed by atoms with Crippen LogP contribution in [0.3, 0.4) is 0 Å². The van der Waals surface area contributed by atoms with Gasteiger partial charge in [0.05, 0.1) is 5.75 Å². The Kier molecular flexibility index (Phi) is 6.38. The molecule has 0 aliphatic carbocycles. The molecule has 2 amide bonds. The highest BCUT2D eigenvalue weighted by Gasteiger charge is 2.10. The summed E-state index contributed by atoms with van der Waals surface area (Å²) in [6.45, 7) is 2.04. The first-order chi connectivity index (χ1) is 13.6. The summed E-state index contributed by atoms with van der Waals surface area (Å²) in [5.41, 5.74) is 3.02. The largest absolute Gasteiger partial charge is 0.325 e. The van der Waals surface area contributed by atoms with Gasteiger partial charge in [0, 0.05) is 24.0 Å². The van der Waals surface area contributed by atoms with Gasteiger partial charge in [-0.3, -0.25) is 9.59 Å². The SMILES string of the molecule is CCc1ccccc1NC(=O)c1ccc(NC(=O)CSc2nnnn2C)cc1. The molecule has 0 spiro atoms. The Morgan fingerprint density at radius 2 is 1.82 bits per heavy atom. The van der Waals surface area contributed by atoms with Gasteiger partial charge in [0.1, 0.15) is 0 Å². The van der Waals surface area contributed by atoms with Gasteiger partial charge in [0.25, 0.3) is 5.91 Å². The molecule has 0 bridgehead atoms. The van der Waals surface area contributed by atoms with Gasteiger partial charge in [-0.2, -0.15) is 0 Å². The number of nitrogens with zero attached hydrogens (tertiary/aromatic N) is 4. The summed E-state index contributed by atoms with van der Waals surface area (Å²) >= 11 is 1.24. The van der Waals surface area contributed by atoms with Crippen molar-refractivity contribution in [3.05, 3.63) is 59.7 Å². The van der Waals surface area contributed by atoms with Crippen molar-refractivity contribution in [2.24, 2.45) is 7.05 Å². The van der Waals surface area contributed by atoms with Gasteiger partial charge >= 0.3 is 0 Å². The summed E-state index contributed by atoms with van der Waals surface area (Å²) in [5, 5.41) is 17.3. The van der Waals surface area contributed by atoms with Gasteiger partial charge in [-0.1, -0.05) is 36.9 Å². The second kappa shape index (κ2) is 9.14. The maximum absolute atomic E-state index is 12.5. The van der Waals surface area contributed by atoms with E-state index in [-0.39, 0.29) is 17.6 Å². The zero-order valence-corrected chi connectivity index (χ0v) is 16.4. The highest BCUT2D eigenvalue weighted by molar-refractivity contribution is 7.99. The molecule has 9 heteroatoms. The topological polar surface area (TPSA) is 102 Å². The van der Waals surface area contributed by atoms with E-state index in [1.807, 2.05) is 31.2 Å². The van der Waals surface area contributed by atoms with E-state index < -0.39 is 0 Å². The number of aromatic nitrogens is 4. The van der Waals surface area contributed by atoms with Crippen molar-refractivity contribution in [1.82, 2.24) is 20.2 Å². The molecule has 0 saturated carbocycles. The van der Waals surface area contributed by atoms with E-state index in [0.717, 1.165) is 17.7 Å². The summed E-state index contributed by atoms with van der Waals surface area (Å²) < 4.78 is 1.50. The van der Waals surface area contributed by atoms with Gasteiger partial charge < -0.3 is 10.6 Å². The fraction of sp³-hybridized carbons (Fsp3) is 0.211. The monoisotopic (exact) mass is 396 g/mol. The fourth-order valence-electron chi connectivity index (χ4n) is 2.52. The second-order valence-electron chi connectivity index (χ2n) is 5.96. The summed E-state index contributed by atoms with van der Waals surface area (Å²) in [4.78, 5) is 24.5. The number of anilines is 2. The van der Waals surface area contributed by atoms with Crippen LogP contribution in [0.5, 0.6) is 0 Å². The number of carbonyl (C=O) groups is 2. The molecule has 8 nitrogen and oxygen atoms in total. The van der Waals surface area contributed by atoms with Gasteiger partial charge in [-0.15, -0.1) is 5.10 Å². The molecule has 2 N–H and O–H groups in total. The third-order valence-electron chi connectivity index (χ3n) is 3.99. The maximum atomic E-state index is 12.5. The zero-order valence-electron chi connectivity index (χ0n) is 15.5. The number of hydrogen-bond acceptors (Lipinski definition) is 6. The predicted octanol–water partition coefficient (Wildman–Crippen LogP) is 2.76. The molecule has 2 aromatic carbocycles. The number of amides is 2. The quantitative estimate of drug-likeness (QED) is 0.596. The van der Waals surface area contributed by atoms with Crippen LogP contribution in [0.25, 0.3) is 0 Å². The van der Waals surface area contributed by atoms with Crippen LogP contribution in [-0.2, 0) is 18.3 Å². The van der Waals surface area contributed by atoms with Crippen LogP contribution in [0.15, 0.2) is 53.7 Å². The Morgan fingerprint density at radius 1 is 1.07 bits per heavy atom. The van der Waals surface area contributed by atoms with Gasteiger partial charge in [0.2, 0.25) is 11.1 Å². The van der Waals surface area contributed by atoms with Crippen molar-refractivity contribution in [2.75, 3.05) is 16.4 Å². The molecule has 0 saturated heterocycles. The average Bonchev–Trinajstić information content (AvgIpc) is 3.12. The molecule has 0 radical (unpaired) electrons. The Balaban J connectivity index is 1.56. The van der Waals surface area contributed by atoms with E-state index >= 15 is 0 Å². The highest BCUT2D eigenvalue weighted by Crippen LogP contribution is 2.18. The molecule has 144 valence electrons. The Bertz CT molecular complexity index is 971. The number of thioether (sulfide) groups is 1. The lowest BCUT2D eigenvalue weighted by Gasteiger charge is -2.10. The van der Waals surface area contributed by atoms with E-state index in [2.05, 4.69) is 26.2 Å². The average molecular weight is 396 g/mol. The van der Waals surface area contributed by atoms with Crippen LogP contribution < -0.4 is 10.6 Å². The van der Waals surface area contributed by atoms with Gasteiger partial charge in [0.15, 0.2) is 0 Å². The molecule has 0 unspecified atom stereocenters. The van der Waals surface area contributed by atoms with Crippen molar-refractivity contribution in [2.45, 2.75) is 18.5 Å². The molecule has 0 aliphatic heterocycles. The minimum atomic E-state index is -0.191. The minimum absolute atomic E-state index is 0.179. The third-order valence-corrected chi connectivity index (χ3v) is 5.00. The third kappa shape index (κ3) is 4.95. The van der Waals surface area contributed by atoms with Crippen LogP contribution in [0.1, 0.15) is 22.8 Å². The lowest BCUT2D eigenvalue weighted by Crippen LogP contribution is -2.15. The predicted molar refractivity (Wildman–Crippen MR) is 108 cm³/mol. The lowest BCUT2D eigenvalue weighted by atomic mass is 10.1. The van der Waals surface area contributed by atoms with E-state index in [4.69, 9.17) is 0 Å². The first kappa shape index (κ1) is 19.6. The van der Waals surface area contributed by atoms with Crippen molar-refractivity contribution >= 4 is 35.0 Å². The second-order valence-corrected chi connectivity index (χ2v) is 6.91. The summed E-state index contributed by atoms with van der Waals surface area (Å²) in [5.74, 6) is -0.184. The molecular formula is C19H20N6O2S. The highest BCUT2D eigenvalue weighted by atomic mass is 32.2. The smallest absolute Gasteiger partial charge is 0.255 e. The van der Waals surface area contributed by atoms with Crippen LogP contribution in [0.2, 0.25) is 0 Å². The molecule has 1 aromatic heterocycles. The van der Waals surface area contributed by atoms with Gasteiger partial charge in [-0.25, -0.2) is 4.68 Å². The minimum Gasteiger partial charge on any atom is -0.325 e. The lowest BCUT2D eigenvalue weighted by molar-refractivity contribution is -0.113. The molecule has 28 heavy (non-hydrogen) atoms. The molecule has 0 atom stereocenters. The van der Waals surface area contributed by atoms with E-state index in [1.165, 1.54) is 16.4 Å². The number of nitrogens with one attached hydrogen (secondary N) is 2. The first-order valence-electron chi connectivity index (χ1n) is 8.71. The number of hydrogen-bond donors (Lipinski definition) is 2. The number of tetrazole rings is 1. The molecule has 0 fully saturated rings. The van der Waals surface area contributed by atoms with E-state index in [0.29, 0.717) is 16.4 Å². The fourth-order valence-corrected chi connectivity index (χ4v) is 3.17. The van der Waals surface area contributed by atoms with Crippen molar-refractivity contribution in [3.8, 4) is 0 Å². The van der Waals surface area contributed by atoms with Crippen LogP contribution in [-0.4, -0.2) is 37.8 Å². The first-order valence-corrected chi connectivity index (χ1v) is 9.69. The summed E-state index contributed by atoms with van der Waals surface area (Å²) in [7, 11) is 1.71. The van der Waals surface area contributed by atoms with Gasteiger partial charge in [-0.05, 0) is 52.7 Å². The standard InChI is InChI=1S/C19H20N6O2S/c1-3-13-6-4-5-7-16(13)21-18(27)14-8-10-15(11-9-14)20-17(26)12-28-19-22-23-24-25(19)2/h4-11H,3,12H2,1-2H3,(H,20,26)(H,21,27). The van der Waals surface area contributed by atoms with E-state index in [9.17, 15) is 9.59 Å². The molecule has 3 rings (SSSR count). The van der Waals surface area contributed by atoms with Crippen LogP contribution in [0.4, 0.5) is 11.4 Å². The molecule has 0 aliphatic rings. The van der Waals surface area contributed by atoms with Crippen molar-refractivity contribution in [3.63, 3.8) is 0 Å². The Hall–Kier alpha value is -3.20. The Labute approximate surface area is 166 Å². The number of para-hydroxylation sites is 1. The van der Waals surface area contributed by atoms with Crippen LogP contribution in [0, 0.1) is 0 Å². The zero-order chi connectivity index (χ0) is 19.9. The number of carbonyl (C=O) groups excluding carboxylic acids is 2. The number of benzene rings is 2. The summed E-state index contributed by atoms with van der Waals surface area (Å²) in [6.07, 6.45) is 0.837. The summed E-state index contributed by atoms with van der Waals surface area (Å²) in [6, 6.07) is 14.5. The molecular weight excluding hydrogens is 376 g/mol.